The van der Waals surface area contributed by atoms with Crippen LogP contribution in [0.4, 0.5) is 5.69 Å². The number of rotatable bonds is 7. The molecule has 0 bridgehead atoms. The number of nitrogens with one attached hydrogen (secondary N) is 1. The van der Waals surface area contributed by atoms with E-state index in [4.69, 9.17) is 11.6 Å². The van der Waals surface area contributed by atoms with Crippen LogP contribution in [0.5, 0.6) is 0 Å². The first-order valence-electron chi connectivity index (χ1n) is 9.66. The van der Waals surface area contributed by atoms with Gasteiger partial charge in [-0.1, -0.05) is 32.0 Å². The molecule has 2 unspecified atom stereocenters. The summed E-state index contributed by atoms with van der Waals surface area (Å²) in [6.45, 7) is 9.00. The van der Waals surface area contributed by atoms with Gasteiger partial charge in [-0.05, 0) is 73.8 Å². The molecule has 2 atom stereocenters. The number of pyridine rings is 1. The molecule has 3 rings (SSSR count). The summed E-state index contributed by atoms with van der Waals surface area (Å²) in [4.78, 5) is 4.64. The van der Waals surface area contributed by atoms with Crippen LogP contribution >= 0.6 is 0 Å². The summed E-state index contributed by atoms with van der Waals surface area (Å²) < 4.78 is 0. The SMILES string of the molecule is Cc1ccc(C)c(NC(C(C)Cc2cccc(/C(N)=N/N)n2)C2(C)CC2)c1. The van der Waals surface area contributed by atoms with E-state index >= 15 is 0 Å². The summed E-state index contributed by atoms with van der Waals surface area (Å²) in [6.07, 6.45) is 3.41. The van der Waals surface area contributed by atoms with E-state index < -0.39 is 0 Å². The summed E-state index contributed by atoms with van der Waals surface area (Å²) in [5, 5.41) is 7.42. The molecule has 1 aromatic carbocycles. The number of benzene rings is 1. The van der Waals surface area contributed by atoms with Crippen molar-refractivity contribution in [3.05, 3.63) is 58.9 Å². The van der Waals surface area contributed by atoms with Crippen LogP contribution < -0.4 is 16.9 Å². The van der Waals surface area contributed by atoms with Crippen LogP contribution in [0.25, 0.3) is 0 Å². The minimum Gasteiger partial charge on any atom is -0.381 e. The number of nitrogens with zero attached hydrogens (tertiary/aromatic N) is 2. The van der Waals surface area contributed by atoms with Crippen LogP contribution in [-0.4, -0.2) is 16.9 Å². The summed E-state index contributed by atoms with van der Waals surface area (Å²) in [7, 11) is 0. The lowest BCUT2D eigenvalue weighted by atomic mass is 9.84. The molecule has 2 aromatic rings. The fourth-order valence-corrected chi connectivity index (χ4v) is 3.82. The second kappa shape index (κ2) is 7.59. The van der Waals surface area contributed by atoms with Crippen molar-refractivity contribution < 1.29 is 0 Å². The van der Waals surface area contributed by atoms with Crippen molar-refractivity contribution in [3.8, 4) is 0 Å². The minimum atomic E-state index is 0.267. The molecule has 1 aromatic heterocycles. The third kappa shape index (κ3) is 4.41. The lowest BCUT2D eigenvalue weighted by Gasteiger charge is -2.32. The Kier molecular flexibility index (Phi) is 5.40. The molecule has 5 N–H and O–H groups in total. The average molecular weight is 366 g/mol. The molecule has 0 amide bonds. The molecule has 144 valence electrons. The second-order valence-corrected chi connectivity index (χ2v) is 8.30. The van der Waals surface area contributed by atoms with Gasteiger partial charge in [0.15, 0.2) is 5.84 Å². The number of hydrogen-bond donors (Lipinski definition) is 3. The Morgan fingerprint density at radius 2 is 2.00 bits per heavy atom. The molecule has 1 fully saturated rings. The van der Waals surface area contributed by atoms with E-state index in [1.165, 1.54) is 29.7 Å². The molecule has 0 saturated heterocycles. The molecule has 1 heterocycles. The predicted octanol–water partition coefficient (Wildman–Crippen LogP) is 3.74. The number of aryl methyl sites for hydroxylation is 2. The van der Waals surface area contributed by atoms with Gasteiger partial charge in [0.25, 0.3) is 0 Å². The Morgan fingerprint density at radius 3 is 2.67 bits per heavy atom. The molecule has 0 aliphatic heterocycles. The Labute approximate surface area is 162 Å². The lowest BCUT2D eigenvalue weighted by Crippen LogP contribution is -2.36. The third-order valence-corrected chi connectivity index (χ3v) is 5.80. The average Bonchev–Trinajstić information content (AvgIpc) is 3.40. The summed E-state index contributed by atoms with van der Waals surface area (Å²) in [5.41, 5.74) is 11.6. The van der Waals surface area contributed by atoms with Crippen molar-refractivity contribution in [1.82, 2.24) is 4.98 Å². The van der Waals surface area contributed by atoms with Crippen molar-refractivity contribution >= 4 is 11.5 Å². The molecule has 5 nitrogen and oxygen atoms in total. The standard InChI is InChI=1S/C22H31N5/c1-14-8-9-15(2)19(12-14)26-20(22(4)10-11-22)16(3)13-17-6-5-7-18(25-17)21(23)27-24/h5-9,12,16,20,26H,10-11,13,24H2,1-4H3,(H2,23,27). The molecular formula is C22H31N5. The molecule has 0 spiro atoms. The number of anilines is 1. The first-order chi connectivity index (χ1) is 12.8. The monoisotopic (exact) mass is 365 g/mol. The highest BCUT2D eigenvalue weighted by molar-refractivity contribution is 5.95. The van der Waals surface area contributed by atoms with Gasteiger partial charge < -0.3 is 16.9 Å². The van der Waals surface area contributed by atoms with Gasteiger partial charge in [0, 0.05) is 17.4 Å². The van der Waals surface area contributed by atoms with Crippen LogP contribution in [-0.2, 0) is 6.42 Å². The number of aromatic nitrogens is 1. The van der Waals surface area contributed by atoms with Crippen LogP contribution in [0.1, 0.15) is 49.2 Å². The van der Waals surface area contributed by atoms with Crippen LogP contribution in [0.3, 0.4) is 0 Å². The summed E-state index contributed by atoms with van der Waals surface area (Å²) in [6, 6.07) is 12.9. The Hall–Kier alpha value is -2.56. The third-order valence-electron chi connectivity index (χ3n) is 5.80. The quantitative estimate of drug-likeness (QED) is 0.302. The van der Waals surface area contributed by atoms with Crippen molar-refractivity contribution in [2.45, 2.75) is 53.0 Å². The van der Waals surface area contributed by atoms with Gasteiger partial charge in [-0.15, -0.1) is 0 Å². The highest BCUT2D eigenvalue weighted by atomic mass is 15.2. The van der Waals surface area contributed by atoms with Gasteiger partial charge >= 0.3 is 0 Å². The number of amidine groups is 1. The van der Waals surface area contributed by atoms with E-state index in [9.17, 15) is 0 Å². The molecule has 1 saturated carbocycles. The van der Waals surface area contributed by atoms with E-state index in [0.717, 1.165) is 12.1 Å². The Balaban J connectivity index is 1.81. The van der Waals surface area contributed by atoms with Crippen LogP contribution in [0.2, 0.25) is 0 Å². The fraction of sp³-hybridized carbons (Fsp3) is 0.455. The van der Waals surface area contributed by atoms with Crippen molar-refractivity contribution in [3.63, 3.8) is 0 Å². The maximum atomic E-state index is 5.82. The zero-order valence-electron chi connectivity index (χ0n) is 16.8. The van der Waals surface area contributed by atoms with E-state index in [0.29, 0.717) is 23.1 Å². The van der Waals surface area contributed by atoms with E-state index in [-0.39, 0.29) is 5.84 Å². The van der Waals surface area contributed by atoms with Crippen molar-refractivity contribution in [2.75, 3.05) is 5.32 Å². The van der Waals surface area contributed by atoms with Crippen molar-refractivity contribution in [1.29, 1.82) is 0 Å². The van der Waals surface area contributed by atoms with Crippen molar-refractivity contribution in [2.24, 2.45) is 28.0 Å². The fourth-order valence-electron chi connectivity index (χ4n) is 3.82. The number of nitrogens with two attached hydrogens (primary N) is 2. The highest BCUT2D eigenvalue weighted by Gasteiger charge is 2.47. The van der Waals surface area contributed by atoms with E-state index in [1.54, 1.807) is 0 Å². The molecule has 5 heteroatoms. The van der Waals surface area contributed by atoms with Crippen LogP contribution in [0, 0.1) is 25.2 Å². The smallest absolute Gasteiger partial charge is 0.168 e. The number of hydrogen-bond acceptors (Lipinski definition) is 4. The molecule has 27 heavy (non-hydrogen) atoms. The largest absolute Gasteiger partial charge is 0.381 e. The minimum absolute atomic E-state index is 0.267. The topological polar surface area (TPSA) is 89.3 Å². The van der Waals surface area contributed by atoms with Gasteiger partial charge in [-0.2, -0.15) is 5.10 Å². The van der Waals surface area contributed by atoms with Gasteiger partial charge in [-0.25, -0.2) is 4.98 Å². The normalized spacial score (nSPS) is 18.0. The van der Waals surface area contributed by atoms with Gasteiger partial charge in [0.05, 0.1) is 0 Å². The maximum Gasteiger partial charge on any atom is 0.168 e. The Bertz CT molecular complexity index is 838. The highest BCUT2D eigenvalue weighted by Crippen LogP contribution is 2.51. The molecule has 1 aliphatic carbocycles. The maximum absolute atomic E-state index is 5.82. The van der Waals surface area contributed by atoms with Crippen LogP contribution in [0.15, 0.2) is 41.5 Å². The molecular weight excluding hydrogens is 334 g/mol. The number of hydrazone groups is 1. The van der Waals surface area contributed by atoms with Gasteiger partial charge in [0.2, 0.25) is 0 Å². The van der Waals surface area contributed by atoms with E-state index in [1.807, 2.05) is 18.2 Å². The molecule has 0 radical (unpaired) electrons. The Morgan fingerprint density at radius 1 is 1.26 bits per heavy atom. The second-order valence-electron chi connectivity index (χ2n) is 8.30. The van der Waals surface area contributed by atoms with Gasteiger partial charge in [0.1, 0.15) is 5.69 Å². The van der Waals surface area contributed by atoms with Gasteiger partial charge in [-0.3, -0.25) is 0 Å². The van der Waals surface area contributed by atoms with E-state index in [2.05, 4.69) is 61.3 Å². The first-order valence-corrected chi connectivity index (χ1v) is 9.66. The lowest BCUT2D eigenvalue weighted by molar-refractivity contribution is 0.346. The predicted molar refractivity (Wildman–Crippen MR) is 113 cm³/mol. The zero-order valence-corrected chi connectivity index (χ0v) is 16.8. The first kappa shape index (κ1) is 19.2. The molecule has 1 aliphatic rings. The summed E-state index contributed by atoms with van der Waals surface area (Å²) in [5.74, 6) is 5.99. The zero-order chi connectivity index (χ0) is 19.6. The summed E-state index contributed by atoms with van der Waals surface area (Å²) >= 11 is 0.